The van der Waals surface area contributed by atoms with Gasteiger partial charge in [-0.25, -0.2) is 0 Å². The third-order valence-corrected chi connectivity index (χ3v) is 1.97. The van der Waals surface area contributed by atoms with E-state index in [-0.39, 0.29) is 5.75 Å². The van der Waals surface area contributed by atoms with Crippen molar-refractivity contribution in [2.75, 3.05) is 0 Å². The van der Waals surface area contributed by atoms with E-state index < -0.39 is 18.6 Å². The average Bonchev–Trinajstić information content (AvgIpc) is 2.02. The van der Waals surface area contributed by atoms with Crippen LogP contribution < -0.4 is 4.74 Å². The van der Waals surface area contributed by atoms with Gasteiger partial charge >= 0.3 is 6.11 Å². The Morgan fingerprint density at radius 2 is 2.08 bits per heavy atom. The Balaban J connectivity index is 2.43. The predicted molar refractivity (Wildman–Crippen MR) is 41.6 cm³/mol. The van der Waals surface area contributed by atoms with Crippen molar-refractivity contribution in [2.24, 2.45) is 0 Å². The number of rotatable bonds is 0. The molecule has 2 nitrogen and oxygen atoms in total. The summed E-state index contributed by atoms with van der Waals surface area (Å²) in [5, 5.41) is 9.34. The lowest BCUT2D eigenvalue weighted by Crippen LogP contribution is -2.31. The smallest absolute Gasteiger partial charge is 0.400 e. The van der Waals surface area contributed by atoms with Crippen molar-refractivity contribution < 1.29 is 18.6 Å². The number of benzene rings is 1. The molecule has 2 rings (SSSR count). The third-order valence-electron chi connectivity index (χ3n) is 1.97. The number of fused-ring (bicyclic) bond motifs is 1. The molecule has 0 aromatic heterocycles. The van der Waals surface area contributed by atoms with Gasteiger partial charge < -0.3 is 9.84 Å². The summed E-state index contributed by atoms with van der Waals surface area (Å²) in [6, 6.07) is 6.27. The van der Waals surface area contributed by atoms with Crippen LogP contribution in [0, 0.1) is 0 Å². The van der Waals surface area contributed by atoms with Crippen LogP contribution in [0.5, 0.6) is 5.75 Å². The maximum absolute atomic E-state index is 12.8. The van der Waals surface area contributed by atoms with Gasteiger partial charge in [0.2, 0.25) is 0 Å². The third kappa shape index (κ3) is 1.49. The van der Waals surface area contributed by atoms with Gasteiger partial charge in [-0.3, -0.25) is 0 Å². The standard InChI is InChI=1S/C9H8F2O2/c10-9(11)5-7(12)6-3-1-2-4-8(6)13-9/h1-4,7,12H,5H2. The van der Waals surface area contributed by atoms with Crippen molar-refractivity contribution in [1.29, 1.82) is 0 Å². The van der Waals surface area contributed by atoms with E-state index in [9.17, 15) is 13.9 Å². The van der Waals surface area contributed by atoms with Crippen molar-refractivity contribution in [2.45, 2.75) is 18.6 Å². The van der Waals surface area contributed by atoms with E-state index in [1.807, 2.05) is 0 Å². The topological polar surface area (TPSA) is 29.5 Å². The highest BCUT2D eigenvalue weighted by Gasteiger charge is 2.40. The first-order valence-corrected chi connectivity index (χ1v) is 3.92. The zero-order valence-corrected chi connectivity index (χ0v) is 6.71. The molecule has 4 heteroatoms. The summed E-state index contributed by atoms with van der Waals surface area (Å²) in [5.41, 5.74) is 0.424. The highest BCUT2D eigenvalue weighted by atomic mass is 19.3. The van der Waals surface area contributed by atoms with E-state index in [1.165, 1.54) is 6.07 Å². The molecule has 1 aromatic rings. The molecule has 0 spiro atoms. The fourth-order valence-electron chi connectivity index (χ4n) is 1.39. The Kier molecular flexibility index (Phi) is 1.73. The maximum Gasteiger partial charge on any atom is 0.400 e. The van der Waals surface area contributed by atoms with E-state index in [1.54, 1.807) is 18.2 Å². The zero-order chi connectivity index (χ0) is 9.47. The van der Waals surface area contributed by atoms with Gasteiger partial charge in [0.15, 0.2) is 0 Å². The molecular weight excluding hydrogens is 178 g/mol. The number of alkyl halides is 2. The Bertz CT molecular complexity index is 325. The lowest BCUT2D eigenvalue weighted by atomic mass is 10.0. The zero-order valence-electron chi connectivity index (χ0n) is 6.71. The largest absolute Gasteiger partial charge is 0.432 e. The number of hydrogen-bond donors (Lipinski definition) is 1. The van der Waals surface area contributed by atoms with Crippen LogP contribution in [0.3, 0.4) is 0 Å². The van der Waals surface area contributed by atoms with Gasteiger partial charge in [-0.2, -0.15) is 8.78 Å². The number of aliphatic hydroxyl groups excluding tert-OH is 1. The normalized spacial score (nSPS) is 24.7. The second-order valence-electron chi connectivity index (χ2n) is 3.00. The Morgan fingerprint density at radius 3 is 2.85 bits per heavy atom. The van der Waals surface area contributed by atoms with Crippen molar-refractivity contribution >= 4 is 0 Å². The van der Waals surface area contributed by atoms with Crippen LogP contribution >= 0.6 is 0 Å². The van der Waals surface area contributed by atoms with E-state index in [0.717, 1.165) is 0 Å². The number of para-hydroxylation sites is 1. The minimum absolute atomic E-state index is 0.0613. The van der Waals surface area contributed by atoms with Crippen LogP contribution in [-0.2, 0) is 0 Å². The van der Waals surface area contributed by atoms with E-state index in [0.29, 0.717) is 5.56 Å². The maximum atomic E-state index is 12.8. The highest BCUT2D eigenvalue weighted by Crippen LogP contribution is 2.40. The molecule has 1 N–H and O–H groups in total. The molecule has 0 bridgehead atoms. The molecule has 1 unspecified atom stereocenters. The van der Waals surface area contributed by atoms with Gasteiger partial charge in [0, 0.05) is 5.56 Å². The average molecular weight is 186 g/mol. The number of halogens is 2. The quantitative estimate of drug-likeness (QED) is 0.672. The van der Waals surface area contributed by atoms with Gasteiger partial charge in [0.25, 0.3) is 0 Å². The molecule has 0 fully saturated rings. The SMILES string of the molecule is OC1CC(F)(F)Oc2ccccc21. The number of aliphatic hydroxyl groups is 1. The fraction of sp³-hybridized carbons (Fsp3) is 0.333. The number of ether oxygens (including phenoxy) is 1. The molecule has 1 heterocycles. The summed E-state index contributed by atoms with van der Waals surface area (Å²) >= 11 is 0. The molecule has 0 aliphatic carbocycles. The molecular formula is C9H8F2O2. The molecule has 0 saturated heterocycles. The van der Waals surface area contributed by atoms with Crippen LogP contribution in [0.2, 0.25) is 0 Å². The van der Waals surface area contributed by atoms with Gasteiger partial charge in [-0.1, -0.05) is 18.2 Å². The van der Waals surface area contributed by atoms with Crippen molar-refractivity contribution in [3.63, 3.8) is 0 Å². The van der Waals surface area contributed by atoms with Crippen LogP contribution in [0.15, 0.2) is 24.3 Å². The first-order chi connectivity index (χ1) is 6.08. The molecule has 1 atom stereocenters. The molecule has 70 valence electrons. The molecule has 1 aliphatic heterocycles. The Hall–Kier alpha value is -1.16. The summed E-state index contributed by atoms with van der Waals surface area (Å²) in [5.74, 6) is 0.0613. The van der Waals surface area contributed by atoms with Gasteiger partial charge in [-0.15, -0.1) is 0 Å². The minimum Gasteiger partial charge on any atom is -0.432 e. The lowest BCUT2D eigenvalue weighted by molar-refractivity contribution is -0.207. The van der Waals surface area contributed by atoms with Crippen LogP contribution in [0.4, 0.5) is 8.78 Å². The van der Waals surface area contributed by atoms with Crippen LogP contribution in [0.25, 0.3) is 0 Å². The monoisotopic (exact) mass is 186 g/mol. The minimum atomic E-state index is -3.26. The summed E-state index contributed by atoms with van der Waals surface area (Å²) in [6.45, 7) is 0. The molecule has 0 amide bonds. The fourth-order valence-corrected chi connectivity index (χ4v) is 1.39. The van der Waals surface area contributed by atoms with E-state index in [4.69, 9.17) is 0 Å². The van der Waals surface area contributed by atoms with E-state index in [2.05, 4.69) is 4.74 Å². The lowest BCUT2D eigenvalue weighted by Gasteiger charge is -2.28. The van der Waals surface area contributed by atoms with Gasteiger partial charge in [-0.05, 0) is 6.07 Å². The summed E-state index contributed by atoms with van der Waals surface area (Å²) < 4.78 is 29.9. The molecule has 1 aliphatic rings. The number of hydrogen-bond acceptors (Lipinski definition) is 2. The summed E-state index contributed by atoms with van der Waals surface area (Å²) in [4.78, 5) is 0. The van der Waals surface area contributed by atoms with Crippen molar-refractivity contribution in [3.8, 4) is 5.75 Å². The van der Waals surface area contributed by atoms with Crippen LogP contribution in [0.1, 0.15) is 18.1 Å². The summed E-state index contributed by atoms with van der Waals surface area (Å²) in [7, 11) is 0. The summed E-state index contributed by atoms with van der Waals surface area (Å²) in [6.07, 6.45) is -5.07. The molecule has 0 saturated carbocycles. The second kappa shape index (κ2) is 2.67. The Labute approximate surface area is 73.8 Å². The van der Waals surface area contributed by atoms with Crippen LogP contribution in [-0.4, -0.2) is 11.2 Å². The first kappa shape index (κ1) is 8.44. The van der Waals surface area contributed by atoms with Crippen molar-refractivity contribution in [1.82, 2.24) is 0 Å². The molecule has 13 heavy (non-hydrogen) atoms. The molecule has 1 aromatic carbocycles. The highest BCUT2D eigenvalue weighted by molar-refractivity contribution is 5.36. The van der Waals surface area contributed by atoms with Gasteiger partial charge in [0.1, 0.15) is 5.75 Å². The predicted octanol–water partition coefficient (Wildman–Crippen LogP) is 2.10. The van der Waals surface area contributed by atoms with Crippen molar-refractivity contribution in [3.05, 3.63) is 29.8 Å². The van der Waals surface area contributed by atoms with E-state index >= 15 is 0 Å². The van der Waals surface area contributed by atoms with Gasteiger partial charge in [0.05, 0.1) is 12.5 Å². The molecule has 0 radical (unpaired) electrons. The first-order valence-electron chi connectivity index (χ1n) is 3.92. The second-order valence-corrected chi connectivity index (χ2v) is 3.00. The Morgan fingerprint density at radius 1 is 1.38 bits per heavy atom.